The molecule has 0 atom stereocenters. The quantitative estimate of drug-likeness (QED) is 0.774. The number of hydrogen-bond donors (Lipinski definition) is 2. The van der Waals surface area contributed by atoms with Crippen LogP contribution in [-0.2, 0) is 0 Å². The Balaban J connectivity index is 2.01. The lowest BCUT2D eigenvalue weighted by Gasteiger charge is -2.09. The summed E-state index contributed by atoms with van der Waals surface area (Å²) in [6.07, 6.45) is 2.54. The molecule has 0 amide bonds. The van der Waals surface area contributed by atoms with Gasteiger partial charge in [0.05, 0.1) is 12.3 Å². The fourth-order valence-electron chi connectivity index (χ4n) is 1.33. The summed E-state index contributed by atoms with van der Waals surface area (Å²) >= 11 is 0. The fraction of sp³-hybridized carbons (Fsp3) is 0.545. The number of nitrogens with zero attached hydrogens (tertiary/aromatic N) is 1. The Bertz CT molecular complexity index is 337. The molecule has 1 fully saturated rings. The third-order valence-corrected chi connectivity index (χ3v) is 2.40. The molecule has 0 bridgehead atoms. The van der Waals surface area contributed by atoms with Crippen LogP contribution in [0.3, 0.4) is 0 Å². The maximum Gasteiger partial charge on any atom is 0.239 e. The van der Waals surface area contributed by atoms with Gasteiger partial charge in [-0.3, -0.25) is 0 Å². The van der Waals surface area contributed by atoms with Crippen LogP contribution < -0.4 is 15.8 Å². The number of anilines is 2. The molecule has 0 saturated heterocycles. The first-order chi connectivity index (χ1) is 7.29. The van der Waals surface area contributed by atoms with Gasteiger partial charge < -0.3 is 15.8 Å². The number of nitrogen functional groups attached to an aromatic ring is 1. The van der Waals surface area contributed by atoms with Gasteiger partial charge in [-0.25, -0.2) is 0 Å². The van der Waals surface area contributed by atoms with Crippen LogP contribution in [0.2, 0.25) is 0 Å². The lowest BCUT2D eigenvalue weighted by Crippen LogP contribution is -2.06. The second kappa shape index (κ2) is 4.38. The van der Waals surface area contributed by atoms with Crippen molar-refractivity contribution in [2.75, 3.05) is 24.2 Å². The van der Waals surface area contributed by atoms with Gasteiger partial charge >= 0.3 is 0 Å². The number of nitrogens with two attached hydrogens (primary N) is 1. The van der Waals surface area contributed by atoms with Crippen LogP contribution in [0.25, 0.3) is 0 Å². The molecule has 1 aliphatic rings. The molecule has 0 unspecified atom stereocenters. The van der Waals surface area contributed by atoms with Gasteiger partial charge in [0.2, 0.25) is 5.88 Å². The van der Waals surface area contributed by atoms with Gasteiger partial charge in [0, 0.05) is 6.54 Å². The van der Waals surface area contributed by atoms with E-state index in [1.165, 1.54) is 12.8 Å². The highest BCUT2D eigenvalue weighted by Gasteiger charge is 2.22. The van der Waals surface area contributed by atoms with Crippen molar-refractivity contribution in [3.8, 4) is 5.88 Å². The summed E-state index contributed by atoms with van der Waals surface area (Å²) in [4.78, 5) is 4.30. The summed E-state index contributed by atoms with van der Waals surface area (Å²) in [5, 5.41) is 3.13. The minimum Gasteiger partial charge on any atom is -0.476 e. The van der Waals surface area contributed by atoms with Gasteiger partial charge in [0.15, 0.2) is 0 Å². The third kappa shape index (κ3) is 2.75. The van der Waals surface area contributed by atoms with E-state index in [-0.39, 0.29) is 0 Å². The molecule has 2 rings (SSSR count). The average Bonchev–Trinajstić information content (AvgIpc) is 3.03. The highest BCUT2D eigenvalue weighted by Crippen LogP contribution is 2.30. The van der Waals surface area contributed by atoms with Crippen LogP contribution in [0.4, 0.5) is 11.5 Å². The molecule has 1 aromatic heterocycles. The number of ether oxygens (including phenoxy) is 1. The zero-order valence-electron chi connectivity index (χ0n) is 8.99. The smallest absolute Gasteiger partial charge is 0.239 e. The van der Waals surface area contributed by atoms with Crippen molar-refractivity contribution in [3.05, 3.63) is 12.1 Å². The van der Waals surface area contributed by atoms with E-state index < -0.39 is 0 Å². The second-order valence-corrected chi connectivity index (χ2v) is 3.88. The van der Waals surface area contributed by atoms with Crippen molar-refractivity contribution in [2.45, 2.75) is 19.8 Å². The summed E-state index contributed by atoms with van der Waals surface area (Å²) < 4.78 is 5.57. The zero-order chi connectivity index (χ0) is 10.7. The Morgan fingerprint density at radius 3 is 3.00 bits per heavy atom. The molecule has 0 spiro atoms. The van der Waals surface area contributed by atoms with Gasteiger partial charge in [-0.1, -0.05) is 0 Å². The maximum atomic E-state index is 5.78. The van der Waals surface area contributed by atoms with E-state index in [0.717, 1.165) is 19.0 Å². The minimum absolute atomic E-state index is 0.556. The molecule has 0 aromatic carbocycles. The van der Waals surface area contributed by atoms with Gasteiger partial charge in [-0.15, -0.1) is 0 Å². The van der Waals surface area contributed by atoms with E-state index in [1.54, 1.807) is 0 Å². The number of hydrogen-bond acceptors (Lipinski definition) is 4. The Morgan fingerprint density at radius 2 is 2.33 bits per heavy atom. The van der Waals surface area contributed by atoms with Crippen LogP contribution in [0.5, 0.6) is 5.88 Å². The van der Waals surface area contributed by atoms with E-state index in [2.05, 4.69) is 10.3 Å². The third-order valence-electron chi connectivity index (χ3n) is 2.40. The largest absolute Gasteiger partial charge is 0.476 e. The molecule has 15 heavy (non-hydrogen) atoms. The molecule has 1 aromatic rings. The van der Waals surface area contributed by atoms with E-state index in [4.69, 9.17) is 10.5 Å². The average molecular weight is 207 g/mol. The maximum absolute atomic E-state index is 5.78. The van der Waals surface area contributed by atoms with Crippen molar-refractivity contribution < 1.29 is 4.74 Å². The van der Waals surface area contributed by atoms with Crippen LogP contribution in [0, 0.1) is 5.92 Å². The Kier molecular flexibility index (Phi) is 2.94. The van der Waals surface area contributed by atoms with Crippen molar-refractivity contribution in [1.29, 1.82) is 0 Å². The van der Waals surface area contributed by atoms with Crippen LogP contribution in [0.15, 0.2) is 12.1 Å². The number of pyridine rings is 1. The Labute approximate surface area is 89.8 Å². The summed E-state index contributed by atoms with van der Waals surface area (Å²) in [5.41, 5.74) is 6.39. The molecule has 1 heterocycles. The van der Waals surface area contributed by atoms with E-state index in [0.29, 0.717) is 17.5 Å². The normalized spacial score (nSPS) is 15.0. The highest BCUT2D eigenvalue weighted by molar-refractivity contribution is 5.53. The first kappa shape index (κ1) is 10.1. The molecular formula is C11H17N3O. The number of aromatic nitrogens is 1. The molecule has 1 aliphatic carbocycles. The SMILES string of the molecule is CCNc1ccc(N)c(OCC2CC2)n1. The molecule has 0 aliphatic heterocycles. The first-order valence-electron chi connectivity index (χ1n) is 5.42. The molecular weight excluding hydrogens is 190 g/mol. The standard InChI is InChI=1S/C11H17N3O/c1-2-13-10-6-5-9(12)11(14-10)15-7-8-3-4-8/h5-6,8H,2-4,7,12H2,1H3,(H,13,14). The summed E-state index contributed by atoms with van der Waals surface area (Å²) in [5.74, 6) is 2.09. The lowest BCUT2D eigenvalue weighted by atomic mass is 10.4. The Morgan fingerprint density at radius 1 is 1.53 bits per heavy atom. The van der Waals surface area contributed by atoms with Crippen LogP contribution in [0.1, 0.15) is 19.8 Å². The minimum atomic E-state index is 0.556. The Hall–Kier alpha value is -1.45. The first-order valence-corrected chi connectivity index (χ1v) is 5.42. The molecule has 0 radical (unpaired) electrons. The van der Waals surface area contributed by atoms with Crippen LogP contribution in [-0.4, -0.2) is 18.1 Å². The summed E-state index contributed by atoms with van der Waals surface area (Å²) in [7, 11) is 0. The van der Waals surface area contributed by atoms with Crippen molar-refractivity contribution in [3.63, 3.8) is 0 Å². The summed E-state index contributed by atoms with van der Waals surface area (Å²) in [6, 6.07) is 3.69. The van der Waals surface area contributed by atoms with Crippen molar-refractivity contribution in [1.82, 2.24) is 4.98 Å². The zero-order valence-corrected chi connectivity index (χ0v) is 8.99. The molecule has 4 heteroatoms. The van der Waals surface area contributed by atoms with Crippen molar-refractivity contribution >= 4 is 11.5 Å². The van der Waals surface area contributed by atoms with Gasteiger partial charge in [0.25, 0.3) is 0 Å². The topological polar surface area (TPSA) is 60.2 Å². The van der Waals surface area contributed by atoms with Crippen molar-refractivity contribution in [2.24, 2.45) is 5.92 Å². The number of nitrogens with one attached hydrogen (secondary N) is 1. The number of rotatable bonds is 5. The van der Waals surface area contributed by atoms with Crippen LogP contribution >= 0.6 is 0 Å². The molecule has 1 saturated carbocycles. The van der Waals surface area contributed by atoms with E-state index >= 15 is 0 Å². The predicted molar refractivity (Wildman–Crippen MR) is 61.0 cm³/mol. The molecule has 4 nitrogen and oxygen atoms in total. The fourth-order valence-corrected chi connectivity index (χ4v) is 1.33. The highest BCUT2D eigenvalue weighted by atomic mass is 16.5. The van der Waals surface area contributed by atoms with E-state index in [1.807, 2.05) is 19.1 Å². The summed E-state index contributed by atoms with van der Waals surface area (Å²) in [6.45, 7) is 3.62. The second-order valence-electron chi connectivity index (χ2n) is 3.88. The lowest BCUT2D eigenvalue weighted by molar-refractivity contribution is 0.290. The monoisotopic (exact) mass is 207 g/mol. The molecule has 3 N–H and O–H groups in total. The predicted octanol–water partition coefficient (Wildman–Crippen LogP) is 1.88. The molecule has 82 valence electrons. The van der Waals surface area contributed by atoms with Gasteiger partial charge in [-0.05, 0) is 37.8 Å². The van der Waals surface area contributed by atoms with Gasteiger partial charge in [0.1, 0.15) is 5.82 Å². The van der Waals surface area contributed by atoms with E-state index in [9.17, 15) is 0 Å². The van der Waals surface area contributed by atoms with Gasteiger partial charge in [-0.2, -0.15) is 4.98 Å².